The topological polar surface area (TPSA) is 124 Å². The summed E-state index contributed by atoms with van der Waals surface area (Å²) in [4.78, 5) is 20.8. The maximum Gasteiger partial charge on any atom is 0.414 e. The monoisotopic (exact) mass is 450 g/mol. The van der Waals surface area contributed by atoms with Gasteiger partial charge in [0.25, 0.3) is 0 Å². The number of rotatable bonds is 5. The van der Waals surface area contributed by atoms with E-state index in [9.17, 15) is 8.42 Å². The number of piperazine rings is 1. The Morgan fingerprint density at radius 2 is 1.55 bits per heavy atom. The van der Waals surface area contributed by atoms with Crippen LogP contribution in [0.2, 0.25) is 0 Å². The number of ether oxygens (including phenoxy) is 1. The Bertz CT molecular complexity index is 987. The van der Waals surface area contributed by atoms with Gasteiger partial charge in [-0.05, 0) is 36.8 Å². The Balaban J connectivity index is 0.000000501. The Hall–Kier alpha value is -2.95. The zero-order chi connectivity index (χ0) is 23.0. The quantitative estimate of drug-likeness (QED) is 0.659. The smallest absolute Gasteiger partial charge is 0.414 e. The molecule has 1 aliphatic heterocycles. The highest BCUT2D eigenvalue weighted by atomic mass is 32.2. The highest BCUT2D eigenvalue weighted by Gasteiger charge is 2.28. The molecule has 0 atom stereocenters. The van der Waals surface area contributed by atoms with E-state index in [1.807, 2.05) is 37.3 Å². The zero-order valence-electron chi connectivity index (χ0n) is 17.4. The lowest BCUT2D eigenvalue weighted by Crippen LogP contribution is -2.48. The Kier molecular flexibility index (Phi) is 8.55. The van der Waals surface area contributed by atoms with Gasteiger partial charge in [-0.1, -0.05) is 29.8 Å². The summed E-state index contributed by atoms with van der Waals surface area (Å²) in [5.41, 5.74) is 2.23. The molecule has 0 unspecified atom stereocenters. The summed E-state index contributed by atoms with van der Waals surface area (Å²) in [6, 6.07) is 15.0. The number of hydrogen-bond donors (Lipinski definition) is 2. The summed E-state index contributed by atoms with van der Waals surface area (Å²) in [5, 5.41) is 14.8. The van der Waals surface area contributed by atoms with Gasteiger partial charge < -0.3 is 14.9 Å². The Labute approximate surface area is 181 Å². The summed E-state index contributed by atoms with van der Waals surface area (Å²) in [6.07, 6.45) is 0. The average Bonchev–Trinajstić information content (AvgIpc) is 2.75. The van der Waals surface area contributed by atoms with E-state index in [-0.39, 0.29) is 0 Å². The number of nitrogens with zero attached hydrogens (tertiary/aromatic N) is 2. The first kappa shape index (κ1) is 24.3. The van der Waals surface area contributed by atoms with Gasteiger partial charge in [0.15, 0.2) is 0 Å². The lowest BCUT2D eigenvalue weighted by molar-refractivity contribution is -0.159. The molecule has 10 heteroatoms. The van der Waals surface area contributed by atoms with Gasteiger partial charge in [-0.3, -0.25) is 4.90 Å². The van der Waals surface area contributed by atoms with Crippen molar-refractivity contribution >= 4 is 22.0 Å². The van der Waals surface area contributed by atoms with Crippen LogP contribution >= 0.6 is 0 Å². The van der Waals surface area contributed by atoms with Gasteiger partial charge in [-0.2, -0.15) is 4.31 Å². The molecule has 2 aromatic carbocycles. The fraction of sp³-hybridized carbons (Fsp3) is 0.333. The predicted molar refractivity (Wildman–Crippen MR) is 113 cm³/mol. The summed E-state index contributed by atoms with van der Waals surface area (Å²) in [5.74, 6) is -2.80. The highest BCUT2D eigenvalue weighted by Crippen LogP contribution is 2.20. The van der Waals surface area contributed by atoms with Crippen LogP contribution in [0.1, 0.15) is 11.1 Å². The molecular weight excluding hydrogens is 424 g/mol. The van der Waals surface area contributed by atoms with Crippen LogP contribution in [-0.2, 0) is 26.2 Å². The van der Waals surface area contributed by atoms with Crippen molar-refractivity contribution in [3.05, 3.63) is 59.7 Å². The van der Waals surface area contributed by atoms with Gasteiger partial charge in [0, 0.05) is 32.7 Å². The Morgan fingerprint density at radius 1 is 0.968 bits per heavy atom. The maximum atomic E-state index is 12.7. The standard InChI is InChI=1S/C19H24N2O3S.C2H2O4/c1-16-6-8-19(9-7-16)25(22,23)21-12-10-20(11-13-21)15-17-4-3-5-18(14-17)24-2;3-1(4)2(5)6/h3-9,14H,10-13,15H2,1-2H3;(H,3,4)(H,5,6). The normalized spacial score (nSPS) is 14.9. The molecule has 0 radical (unpaired) electrons. The molecule has 1 aliphatic rings. The Morgan fingerprint density at radius 3 is 2.06 bits per heavy atom. The van der Waals surface area contributed by atoms with E-state index >= 15 is 0 Å². The van der Waals surface area contributed by atoms with Crippen molar-refractivity contribution in [1.82, 2.24) is 9.21 Å². The van der Waals surface area contributed by atoms with Gasteiger partial charge in [0.1, 0.15) is 5.75 Å². The van der Waals surface area contributed by atoms with Gasteiger partial charge in [-0.15, -0.1) is 0 Å². The lowest BCUT2D eigenvalue weighted by Gasteiger charge is -2.34. The molecule has 0 spiro atoms. The lowest BCUT2D eigenvalue weighted by atomic mass is 10.2. The first-order valence-corrected chi connectivity index (χ1v) is 11.0. The SMILES string of the molecule is COc1cccc(CN2CCN(S(=O)(=O)c3ccc(C)cc3)CC2)c1.O=C(O)C(=O)O. The van der Waals surface area contributed by atoms with Crippen LogP contribution in [0, 0.1) is 6.92 Å². The van der Waals surface area contributed by atoms with Crippen molar-refractivity contribution in [2.75, 3.05) is 33.3 Å². The summed E-state index contributed by atoms with van der Waals surface area (Å²) in [6.45, 7) is 5.23. The first-order valence-electron chi connectivity index (χ1n) is 9.52. The van der Waals surface area contributed by atoms with Crippen LogP contribution in [-0.4, -0.2) is 73.1 Å². The minimum absolute atomic E-state index is 0.374. The number of carboxylic acids is 2. The van der Waals surface area contributed by atoms with Crippen molar-refractivity contribution in [3.63, 3.8) is 0 Å². The van der Waals surface area contributed by atoms with E-state index in [0.29, 0.717) is 18.0 Å². The number of aryl methyl sites for hydroxylation is 1. The van der Waals surface area contributed by atoms with Crippen LogP contribution < -0.4 is 4.74 Å². The van der Waals surface area contributed by atoms with Crippen molar-refractivity contribution < 1.29 is 33.0 Å². The second kappa shape index (κ2) is 10.9. The third-order valence-electron chi connectivity index (χ3n) is 4.71. The molecule has 9 nitrogen and oxygen atoms in total. The summed E-state index contributed by atoms with van der Waals surface area (Å²) >= 11 is 0. The second-order valence-electron chi connectivity index (χ2n) is 6.96. The van der Waals surface area contributed by atoms with E-state index in [0.717, 1.165) is 30.9 Å². The number of benzene rings is 2. The fourth-order valence-corrected chi connectivity index (χ4v) is 4.44. The minimum atomic E-state index is -3.40. The third kappa shape index (κ3) is 7.06. The molecule has 0 aliphatic carbocycles. The van der Waals surface area contributed by atoms with E-state index in [1.165, 1.54) is 5.56 Å². The van der Waals surface area contributed by atoms with Crippen molar-refractivity contribution in [1.29, 1.82) is 0 Å². The molecular formula is C21H26N2O7S. The molecule has 0 aromatic heterocycles. The van der Waals surface area contributed by atoms with Crippen molar-refractivity contribution in [2.45, 2.75) is 18.4 Å². The van der Waals surface area contributed by atoms with E-state index in [4.69, 9.17) is 24.5 Å². The predicted octanol–water partition coefficient (Wildman–Crippen LogP) is 1.67. The van der Waals surface area contributed by atoms with E-state index in [2.05, 4.69) is 11.0 Å². The second-order valence-corrected chi connectivity index (χ2v) is 8.89. The number of carbonyl (C=O) groups is 2. The maximum absolute atomic E-state index is 12.7. The zero-order valence-corrected chi connectivity index (χ0v) is 18.2. The highest BCUT2D eigenvalue weighted by molar-refractivity contribution is 7.89. The van der Waals surface area contributed by atoms with Crippen molar-refractivity contribution in [2.24, 2.45) is 0 Å². The largest absolute Gasteiger partial charge is 0.497 e. The van der Waals surface area contributed by atoms with Gasteiger partial charge in [-0.25, -0.2) is 18.0 Å². The number of carboxylic acid groups (broad SMARTS) is 2. The van der Waals surface area contributed by atoms with Crippen LogP contribution in [0.5, 0.6) is 5.75 Å². The number of hydrogen-bond acceptors (Lipinski definition) is 6. The van der Waals surface area contributed by atoms with Crippen LogP contribution in [0.15, 0.2) is 53.4 Å². The molecule has 1 saturated heterocycles. The molecule has 2 N–H and O–H groups in total. The average molecular weight is 451 g/mol. The fourth-order valence-electron chi connectivity index (χ4n) is 3.02. The van der Waals surface area contributed by atoms with E-state index < -0.39 is 22.0 Å². The van der Waals surface area contributed by atoms with Crippen LogP contribution in [0.25, 0.3) is 0 Å². The van der Waals surface area contributed by atoms with Gasteiger partial charge >= 0.3 is 11.9 Å². The van der Waals surface area contributed by atoms with Gasteiger partial charge in [0.2, 0.25) is 10.0 Å². The number of aliphatic carboxylic acids is 2. The molecule has 168 valence electrons. The summed E-state index contributed by atoms with van der Waals surface area (Å²) < 4.78 is 32.3. The third-order valence-corrected chi connectivity index (χ3v) is 6.63. The molecule has 0 amide bonds. The number of methoxy groups -OCH3 is 1. The molecule has 0 saturated carbocycles. The first-order chi connectivity index (χ1) is 14.6. The molecule has 0 bridgehead atoms. The molecule has 1 heterocycles. The molecule has 1 fully saturated rings. The molecule has 2 aromatic rings. The number of sulfonamides is 1. The molecule has 31 heavy (non-hydrogen) atoms. The minimum Gasteiger partial charge on any atom is -0.497 e. The van der Waals surface area contributed by atoms with Gasteiger partial charge in [0.05, 0.1) is 12.0 Å². The van der Waals surface area contributed by atoms with Crippen LogP contribution in [0.4, 0.5) is 0 Å². The summed E-state index contributed by atoms with van der Waals surface area (Å²) in [7, 11) is -1.74. The van der Waals surface area contributed by atoms with Crippen molar-refractivity contribution in [3.8, 4) is 5.75 Å². The van der Waals surface area contributed by atoms with E-state index in [1.54, 1.807) is 23.5 Å². The van der Waals surface area contributed by atoms with Crippen LogP contribution in [0.3, 0.4) is 0 Å². The molecule has 3 rings (SSSR count).